The fourth-order valence-electron chi connectivity index (χ4n) is 2.82. The van der Waals surface area contributed by atoms with E-state index in [1.54, 1.807) is 16.8 Å². The van der Waals surface area contributed by atoms with Crippen LogP contribution in [0.25, 0.3) is 5.69 Å². The Hall–Kier alpha value is -0.836. The van der Waals surface area contributed by atoms with E-state index in [1.165, 1.54) is 12.1 Å². The Kier molecular flexibility index (Phi) is 22.6. The van der Waals surface area contributed by atoms with Gasteiger partial charge in [-0.15, -0.1) is 0 Å². The average Bonchev–Trinajstić information content (AvgIpc) is 3.41. The molecule has 4 aromatic rings. The zero-order valence-corrected chi connectivity index (χ0v) is 34.9. The molecule has 0 aliphatic heterocycles. The standard InChI is InChI=1S/C12H10FN3.C7H3F2N.C5H8N2.CH2O3.2Cs.H/c1-8-3-9(2)16(15-8)12-5-10(7-14)4-11(13)6-12;8-6-1-5(4-10)2-7(9)3-6;1-4-3-5(2)7-6-4;2-1-4-3;;;/h3-6H,1-2H3;1-3H;3H,1-2H3,(H,6,7);1,3H;;;/q;;;;2*+1;-1/p-1. The van der Waals surface area contributed by atoms with E-state index in [-0.39, 0.29) is 151 Å². The van der Waals surface area contributed by atoms with Gasteiger partial charge in [-0.1, -0.05) is 0 Å². The summed E-state index contributed by atoms with van der Waals surface area (Å²) in [4.78, 5) is 11.2. The van der Waals surface area contributed by atoms with Gasteiger partial charge < -0.3 is 11.6 Å². The van der Waals surface area contributed by atoms with E-state index in [1.807, 2.05) is 45.9 Å². The Labute approximate surface area is 343 Å². The molecule has 9 nitrogen and oxygen atoms in total. The zero-order chi connectivity index (χ0) is 28.0. The molecule has 0 spiro atoms. The minimum Gasteiger partial charge on any atom is -1.00 e. The molecule has 2 heterocycles. The van der Waals surface area contributed by atoms with Gasteiger partial charge in [0.25, 0.3) is 6.47 Å². The zero-order valence-electron chi connectivity index (χ0n) is 23.3. The fraction of sp³-hybridized carbons (Fsp3) is 0.160. The van der Waals surface area contributed by atoms with Crippen molar-refractivity contribution in [3.63, 3.8) is 0 Å². The van der Waals surface area contributed by atoms with Crippen molar-refractivity contribution in [2.24, 2.45) is 0 Å². The van der Waals surface area contributed by atoms with E-state index in [9.17, 15) is 13.2 Å². The number of aryl methyl sites for hydroxylation is 4. The Bertz CT molecular complexity index is 1390. The van der Waals surface area contributed by atoms with Crippen molar-refractivity contribution in [3.8, 4) is 17.8 Å². The molecule has 39 heavy (non-hydrogen) atoms. The van der Waals surface area contributed by atoms with E-state index in [2.05, 4.69) is 20.2 Å². The van der Waals surface area contributed by atoms with Gasteiger partial charge in [0.05, 0.1) is 40.3 Å². The smallest absolute Gasteiger partial charge is 1.00 e. The van der Waals surface area contributed by atoms with Crippen LogP contribution in [0.15, 0.2) is 48.5 Å². The van der Waals surface area contributed by atoms with Crippen LogP contribution in [-0.2, 0) is 9.68 Å². The molecular formula is C25H23Cs2F3N6O3. The number of aromatic nitrogens is 4. The number of halogens is 3. The van der Waals surface area contributed by atoms with Crippen LogP contribution in [0.2, 0.25) is 0 Å². The Balaban J connectivity index is -0.000000495. The summed E-state index contributed by atoms with van der Waals surface area (Å²) in [6, 6.07) is 14.3. The van der Waals surface area contributed by atoms with Crippen molar-refractivity contribution in [2.45, 2.75) is 27.7 Å². The molecule has 0 radical (unpaired) electrons. The molecule has 4 rings (SSSR count). The van der Waals surface area contributed by atoms with Crippen LogP contribution in [0.3, 0.4) is 0 Å². The maximum absolute atomic E-state index is 13.2. The minimum atomic E-state index is -0.725. The van der Waals surface area contributed by atoms with Crippen molar-refractivity contribution < 1.29 is 167 Å². The molecule has 0 bridgehead atoms. The van der Waals surface area contributed by atoms with E-state index in [4.69, 9.17) is 20.6 Å². The predicted octanol–water partition coefficient (Wildman–Crippen LogP) is -2.08. The summed E-state index contributed by atoms with van der Waals surface area (Å²) in [5.41, 5.74) is 4.81. The number of nitriles is 2. The van der Waals surface area contributed by atoms with E-state index in [0.29, 0.717) is 11.3 Å². The Morgan fingerprint density at radius 1 is 0.872 bits per heavy atom. The molecule has 0 aliphatic carbocycles. The molecule has 0 saturated heterocycles. The van der Waals surface area contributed by atoms with Crippen LogP contribution < -0.4 is 143 Å². The van der Waals surface area contributed by atoms with Gasteiger partial charge >= 0.3 is 138 Å². The number of nitrogens with zero attached hydrogens (tertiary/aromatic N) is 5. The molecule has 1 N–H and O–H groups in total. The van der Waals surface area contributed by atoms with Gasteiger partial charge in [-0.2, -0.15) is 20.7 Å². The summed E-state index contributed by atoms with van der Waals surface area (Å²) in [7, 11) is 0. The summed E-state index contributed by atoms with van der Waals surface area (Å²) < 4.78 is 39.3. The van der Waals surface area contributed by atoms with Crippen molar-refractivity contribution in [1.29, 1.82) is 10.5 Å². The third kappa shape index (κ3) is 16.3. The van der Waals surface area contributed by atoms with Crippen LogP contribution in [0, 0.1) is 67.8 Å². The maximum Gasteiger partial charge on any atom is 1.00 e. The fourth-order valence-corrected chi connectivity index (χ4v) is 2.82. The number of nitrogens with one attached hydrogen (secondary N) is 1. The average molecular weight is 778 g/mol. The molecule has 0 fully saturated rings. The summed E-state index contributed by atoms with van der Waals surface area (Å²) in [6.45, 7) is 7.52. The van der Waals surface area contributed by atoms with Gasteiger partial charge in [0, 0.05) is 17.5 Å². The first-order valence-corrected chi connectivity index (χ1v) is 10.3. The van der Waals surface area contributed by atoms with Gasteiger partial charge in [0.15, 0.2) is 0 Å². The van der Waals surface area contributed by atoms with E-state index < -0.39 is 17.5 Å². The minimum absolute atomic E-state index is 0. The number of carbonyl (C=O) groups excluding carboxylic acids is 1. The second-order valence-corrected chi connectivity index (χ2v) is 7.30. The summed E-state index contributed by atoms with van der Waals surface area (Å²) in [6.07, 6.45) is 0. The van der Waals surface area contributed by atoms with Gasteiger partial charge in [-0.3, -0.25) is 9.89 Å². The molecule has 2 aromatic carbocycles. The topological polar surface area (TPSA) is 143 Å². The SMILES string of the molecule is Cc1cc(C)[nH]n1.Cc1cc(C)n(-c2cc(F)cc(C#N)c2)n1.N#Cc1cc(F)cc(F)c1.O=CO[O-].[Cs+].[Cs+].[H-]. The molecular weight excluding hydrogens is 755 g/mol. The largest absolute Gasteiger partial charge is 1.00 e. The van der Waals surface area contributed by atoms with Gasteiger partial charge in [0.2, 0.25) is 0 Å². The van der Waals surface area contributed by atoms with Crippen LogP contribution in [0.1, 0.15) is 35.3 Å². The molecule has 194 valence electrons. The van der Waals surface area contributed by atoms with E-state index in [0.717, 1.165) is 41.0 Å². The number of aromatic amines is 1. The molecule has 0 aliphatic rings. The Morgan fingerprint density at radius 2 is 1.36 bits per heavy atom. The van der Waals surface area contributed by atoms with Gasteiger partial charge in [-0.05, 0) is 70.2 Å². The molecule has 14 heteroatoms. The second-order valence-electron chi connectivity index (χ2n) is 7.30. The first-order chi connectivity index (χ1) is 17.5. The van der Waals surface area contributed by atoms with Gasteiger partial charge in [-0.25, -0.2) is 17.9 Å². The van der Waals surface area contributed by atoms with E-state index >= 15 is 0 Å². The second kappa shape index (κ2) is 21.9. The third-order valence-electron chi connectivity index (χ3n) is 4.13. The number of benzene rings is 2. The summed E-state index contributed by atoms with van der Waals surface area (Å²) in [5.74, 6) is -1.88. The summed E-state index contributed by atoms with van der Waals surface area (Å²) >= 11 is 0. The Morgan fingerprint density at radius 3 is 1.69 bits per heavy atom. The molecule has 0 atom stereocenters. The number of hydrogen-bond acceptors (Lipinski definition) is 7. The number of carbonyl (C=O) groups is 1. The number of rotatable bonds is 2. The predicted molar refractivity (Wildman–Crippen MR) is 125 cm³/mol. The van der Waals surface area contributed by atoms with Crippen LogP contribution in [0.5, 0.6) is 0 Å². The first kappa shape index (κ1) is 40.3. The molecule has 0 saturated carbocycles. The monoisotopic (exact) mass is 778 g/mol. The van der Waals surface area contributed by atoms with Gasteiger partial charge in [0.1, 0.15) is 17.5 Å². The summed E-state index contributed by atoms with van der Waals surface area (Å²) in [5, 5.41) is 36.3. The van der Waals surface area contributed by atoms with Crippen LogP contribution in [0.4, 0.5) is 13.2 Å². The van der Waals surface area contributed by atoms with Crippen molar-refractivity contribution in [1.82, 2.24) is 20.0 Å². The van der Waals surface area contributed by atoms with Crippen molar-refractivity contribution in [2.75, 3.05) is 0 Å². The number of H-pyrrole nitrogens is 1. The maximum atomic E-state index is 13.2. The number of hydrogen-bond donors (Lipinski definition) is 1. The molecule has 0 amide bonds. The van der Waals surface area contributed by atoms with Crippen molar-refractivity contribution in [3.05, 3.63) is 99.9 Å². The quantitative estimate of drug-likeness (QED) is 0.140. The van der Waals surface area contributed by atoms with Crippen LogP contribution in [-0.4, -0.2) is 26.5 Å². The first-order valence-electron chi connectivity index (χ1n) is 10.3. The van der Waals surface area contributed by atoms with Crippen molar-refractivity contribution >= 4 is 6.47 Å². The molecule has 2 aromatic heterocycles. The normalized spacial score (nSPS) is 8.67. The third-order valence-corrected chi connectivity index (χ3v) is 4.13. The van der Waals surface area contributed by atoms with Crippen LogP contribution >= 0.6 is 0 Å². The molecule has 0 unspecified atom stereocenters.